The molecule has 2 amide bonds. The first-order chi connectivity index (χ1) is 13.5. The predicted octanol–water partition coefficient (Wildman–Crippen LogP) is 2.70. The number of carbonyl (C=O) groups excluding carboxylic acids is 2. The average molecular weight is 457 g/mol. The number of aromatic nitrogens is 1. The normalized spacial score (nSPS) is 15.2. The van der Waals surface area contributed by atoms with Crippen LogP contribution in [-0.2, 0) is 9.53 Å². The number of nitrogens with zero attached hydrogens (tertiary/aromatic N) is 1. The van der Waals surface area contributed by atoms with E-state index in [4.69, 9.17) is 9.47 Å². The lowest BCUT2D eigenvalue weighted by molar-refractivity contribution is -0.117. The van der Waals surface area contributed by atoms with Gasteiger partial charge in [-0.1, -0.05) is 6.07 Å². The molecule has 1 aromatic carbocycles. The number of rotatable bonds is 6. The molecule has 1 saturated heterocycles. The van der Waals surface area contributed by atoms with Crippen molar-refractivity contribution in [3.63, 3.8) is 0 Å². The van der Waals surface area contributed by atoms with Crippen molar-refractivity contribution in [2.45, 2.75) is 19.4 Å². The van der Waals surface area contributed by atoms with Crippen molar-refractivity contribution in [1.29, 1.82) is 0 Å². The minimum absolute atomic E-state index is 0. The van der Waals surface area contributed by atoms with Gasteiger partial charge in [-0.3, -0.25) is 14.6 Å². The Bertz CT molecular complexity index is 860. The standard InChI is InChI=1S/C20H24N4O4.2ClH/c1-13-3-4-14(24-19(25)10-15-12-27-8-7-22-15)9-18(13)28-16-5-6-23-17(11-16)20(26)21-2;;/h3-6,9,11,15,22H,7-8,10,12H2,1-2H3,(H,21,26)(H,24,25);2*1H. The molecule has 30 heavy (non-hydrogen) atoms. The fourth-order valence-electron chi connectivity index (χ4n) is 2.83. The molecule has 1 fully saturated rings. The van der Waals surface area contributed by atoms with E-state index in [1.165, 1.54) is 6.20 Å². The summed E-state index contributed by atoms with van der Waals surface area (Å²) in [5.41, 5.74) is 1.81. The molecule has 1 atom stereocenters. The first-order valence-electron chi connectivity index (χ1n) is 9.13. The van der Waals surface area contributed by atoms with Crippen molar-refractivity contribution in [2.75, 3.05) is 32.1 Å². The molecule has 0 aliphatic carbocycles. The number of anilines is 1. The first-order valence-corrected chi connectivity index (χ1v) is 9.13. The zero-order valence-electron chi connectivity index (χ0n) is 16.8. The molecular formula is C20H26Cl2N4O4. The Kier molecular flexibility index (Phi) is 10.5. The molecule has 0 bridgehead atoms. The number of carbonyl (C=O) groups is 2. The van der Waals surface area contributed by atoms with Gasteiger partial charge in [0.25, 0.3) is 5.91 Å². The number of pyridine rings is 1. The quantitative estimate of drug-likeness (QED) is 0.617. The number of amides is 2. The number of benzene rings is 1. The molecule has 2 aromatic rings. The Morgan fingerprint density at radius 2 is 2.07 bits per heavy atom. The first kappa shape index (κ1) is 25.6. The molecule has 10 heteroatoms. The van der Waals surface area contributed by atoms with Crippen LogP contribution in [0.3, 0.4) is 0 Å². The van der Waals surface area contributed by atoms with Gasteiger partial charge in [-0.25, -0.2) is 0 Å². The van der Waals surface area contributed by atoms with E-state index >= 15 is 0 Å². The maximum Gasteiger partial charge on any atom is 0.269 e. The van der Waals surface area contributed by atoms with E-state index in [0.29, 0.717) is 36.8 Å². The van der Waals surface area contributed by atoms with Crippen LogP contribution in [0.5, 0.6) is 11.5 Å². The number of hydrogen-bond acceptors (Lipinski definition) is 6. The Morgan fingerprint density at radius 1 is 1.27 bits per heavy atom. The van der Waals surface area contributed by atoms with Gasteiger partial charge < -0.3 is 25.4 Å². The zero-order valence-corrected chi connectivity index (χ0v) is 18.4. The fraction of sp³-hybridized carbons (Fsp3) is 0.350. The Balaban J connectivity index is 0.00000225. The summed E-state index contributed by atoms with van der Waals surface area (Å²) in [5.74, 6) is 0.696. The molecule has 8 nitrogen and oxygen atoms in total. The zero-order chi connectivity index (χ0) is 19.9. The maximum absolute atomic E-state index is 12.3. The number of ether oxygens (including phenoxy) is 2. The Hall–Kier alpha value is -2.39. The summed E-state index contributed by atoms with van der Waals surface area (Å²) >= 11 is 0. The lowest BCUT2D eigenvalue weighted by atomic mass is 10.1. The number of halogens is 2. The van der Waals surface area contributed by atoms with Crippen LogP contribution >= 0.6 is 24.8 Å². The molecule has 0 radical (unpaired) electrons. The topological polar surface area (TPSA) is 102 Å². The molecule has 3 rings (SSSR count). The van der Waals surface area contributed by atoms with Gasteiger partial charge in [-0.05, 0) is 24.6 Å². The predicted molar refractivity (Wildman–Crippen MR) is 119 cm³/mol. The molecule has 2 heterocycles. The van der Waals surface area contributed by atoms with Crippen molar-refractivity contribution >= 4 is 42.3 Å². The minimum atomic E-state index is -0.288. The molecule has 1 aliphatic rings. The highest BCUT2D eigenvalue weighted by molar-refractivity contribution is 5.92. The van der Waals surface area contributed by atoms with Gasteiger partial charge in [0.05, 0.1) is 13.2 Å². The van der Waals surface area contributed by atoms with E-state index in [-0.39, 0.29) is 48.4 Å². The second-order valence-electron chi connectivity index (χ2n) is 6.52. The maximum atomic E-state index is 12.3. The smallest absolute Gasteiger partial charge is 0.269 e. The summed E-state index contributed by atoms with van der Waals surface area (Å²) in [6.45, 7) is 3.87. The molecule has 1 aliphatic heterocycles. The minimum Gasteiger partial charge on any atom is -0.457 e. The van der Waals surface area contributed by atoms with Gasteiger partial charge in [0.15, 0.2) is 0 Å². The lowest BCUT2D eigenvalue weighted by Crippen LogP contribution is -2.43. The van der Waals surface area contributed by atoms with Crippen LogP contribution < -0.4 is 20.7 Å². The van der Waals surface area contributed by atoms with Crippen LogP contribution in [-0.4, -0.2) is 49.6 Å². The molecule has 1 unspecified atom stereocenters. The van der Waals surface area contributed by atoms with Gasteiger partial charge in [0.2, 0.25) is 5.91 Å². The summed E-state index contributed by atoms with van der Waals surface area (Å²) in [5, 5.41) is 8.68. The van der Waals surface area contributed by atoms with Gasteiger partial charge in [-0.2, -0.15) is 0 Å². The van der Waals surface area contributed by atoms with Crippen molar-refractivity contribution < 1.29 is 19.1 Å². The second kappa shape index (κ2) is 12.3. The van der Waals surface area contributed by atoms with Gasteiger partial charge in [0.1, 0.15) is 17.2 Å². The fourth-order valence-corrected chi connectivity index (χ4v) is 2.83. The third-order valence-corrected chi connectivity index (χ3v) is 4.32. The number of morpholine rings is 1. The highest BCUT2D eigenvalue weighted by atomic mass is 35.5. The molecule has 0 saturated carbocycles. The van der Waals surface area contributed by atoms with E-state index in [9.17, 15) is 9.59 Å². The van der Waals surface area contributed by atoms with E-state index in [0.717, 1.165) is 12.1 Å². The van der Waals surface area contributed by atoms with Crippen molar-refractivity contribution in [3.05, 3.63) is 47.8 Å². The summed E-state index contributed by atoms with van der Waals surface area (Å²) in [4.78, 5) is 28.0. The second-order valence-corrected chi connectivity index (χ2v) is 6.52. The van der Waals surface area contributed by atoms with Crippen molar-refractivity contribution in [3.8, 4) is 11.5 Å². The third kappa shape index (κ3) is 7.14. The van der Waals surface area contributed by atoms with Gasteiger partial charge in [-0.15, -0.1) is 24.8 Å². The van der Waals surface area contributed by atoms with Crippen LogP contribution in [0, 0.1) is 6.92 Å². The van der Waals surface area contributed by atoms with Crippen molar-refractivity contribution in [2.24, 2.45) is 0 Å². The molecule has 3 N–H and O–H groups in total. The van der Waals surface area contributed by atoms with Crippen LogP contribution in [0.15, 0.2) is 36.5 Å². The molecule has 0 spiro atoms. The SMILES string of the molecule is CNC(=O)c1cc(Oc2cc(NC(=O)CC3COCCN3)ccc2C)ccn1.Cl.Cl. The van der Waals surface area contributed by atoms with E-state index in [1.54, 1.807) is 25.2 Å². The summed E-state index contributed by atoms with van der Waals surface area (Å²) in [6.07, 6.45) is 1.85. The molecule has 164 valence electrons. The Morgan fingerprint density at radius 3 is 2.77 bits per heavy atom. The summed E-state index contributed by atoms with van der Waals surface area (Å²) in [7, 11) is 1.54. The van der Waals surface area contributed by atoms with Crippen LogP contribution in [0.4, 0.5) is 5.69 Å². The average Bonchev–Trinajstić information content (AvgIpc) is 2.71. The monoisotopic (exact) mass is 456 g/mol. The molecule has 1 aromatic heterocycles. The summed E-state index contributed by atoms with van der Waals surface area (Å²) in [6, 6.07) is 8.72. The number of hydrogen-bond donors (Lipinski definition) is 3. The van der Waals surface area contributed by atoms with Crippen LogP contribution in [0.1, 0.15) is 22.5 Å². The highest BCUT2D eigenvalue weighted by Gasteiger charge is 2.17. The molecular weight excluding hydrogens is 431 g/mol. The van der Waals surface area contributed by atoms with Crippen molar-refractivity contribution in [1.82, 2.24) is 15.6 Å². The lowest BCUT2D eigenvalue weighted by Gasteiger charge is -2.23. The van der Waals surface area contributed by atoms with Gasteiger partial charge >= 0.3 is 0 Å². The van der Waals surface area contributed by atoms with Crippen LogP contribution in [0.2, 0.25) is 0 Å². The van der Waals surface area contributed by atoms with E-state index in [1.807, 2.05) is 19.1 Å². The highest BCUT2D eigenvalue weighted by Crippen LogP contribution is 2.28. The number of aryl methyl sites for hydroxylation is 1. The van der Waals surface area contributed by atoms with E-state index in [2.05, 4.69) is 20.9 Å². The number of nitrogens with one attached hydrogen (secondary N) is 3. The third-order valence-electron chi connectivity index (χ3n) is 4.32. The summed E-state index contributed by atoms with van der Waals surface area (Å²) < 4.78 is 11.3. The van der Waals surface area contributed by atoms with E-state index < -0.39 is 0 Å². The van der Waals surface area contributed by atoms with Gasteiger partial charge in [0, 0.05) is 50.1 Å². The van der Waals surface area contributed by atoms with Crippen LogP contribution in [0.25, 0.3) is 0 Å². The largest absolute Gasteiger partial charge is 0.457 e. The Labute approximate surface area is 187 Å².